The summed E-state index contributed by atoms with van der Waals surface area (Å²) in [5.41, 5.74) is 9.66. The third-order valence-corrected chi connectivity index (χ3v) is 1.81. The van der Waals surface area contributed by atoms with Gasteiger partial charge in [-0.2, -0.15) is 0 Å². The topological polar surface area (TPSA) is 87.1 Å². The summed E-state index contributed by atoms with van der Waals surface area (Å²) in [6, 6.07) is 6.91. The number of alkyl carbamates (subject to hydrolysis) is 1. The van der Waals surface area contributed by atoms with E-state index in [1.54, 1.807) is 31.2 Å². The minimum absolute atomic E-state index is 0.349. The Bertz CT molecular complexity index is 396. The zero-order valence-corrected chi connectivity index (χ0v) is 8.88. The van der Waals surface area contributed by atoms with E-state index in [1.807, 2.05) is 0 Å². The van der Waals surface area contributed by atoms with Crippen molar-refractivity contribution in [3.05, 3.63) is 40.3 Å². The third-order valence-electron chi connectivity index (χ3n) is 1.81. The molecule has 0 atom stereocenters. The minimum Gasteiger partial charge on any atom is -0.450 e. The van der Waals surface area contributed by atoms with Crippen molar-refractivity contribution in [3.63, 3.8) is 0 Å². The summed E-state index contributed by atoms with van der Waals surface area (Å²) in [5, 5.41) is 6.03. The Balaban J connectivity index is 2.49. The SMILES string of the molecule is CCOC(=O)NCc1ccc(N=[N+]=[N-])cc1. The van der Waals surface area contributed by atoms with E-state index in [9.17, 15) is 4.79 Å². The fourth-order valence-electron chi connectivity index (χ4n) is 1.09. The largest absolute Gasteiger partial charge is 0.450 e. The van der Waals surface area contributed by atoms with Crippen molar-refractivity contribution in [1.82, 2.24) is 5.32 Å². The van der Waals surface area contributed by atoms with Crippen LogP contribution >= 0.6 is 0 Å². The fraction of sp³-hybridized carbons (Fsp3) is 0.300. The number of ether oxygens (including phenoxy) is 1. The number of carbonyl (C=O) groups excluding carboxylic acids is 1. The molecule has 16 heavy (non-hydrogen) atoms. The second kappa shape index (κ2) is 6.31. The Morgan fingerprint density at radius 2 is 2.19 bits per heavy atom. The van der Waals surface area contributed by atoms with Crippen LogP contribution in [0.3, 0.4) is 0 Å². The van der Waals surface area contributed by atoms with Crippen molar-refractivity contribution < 1.29 is 9.53 Å². The molecular weight excluding hydrogens is 208 g/mol. The van der Waals surface area contributed by atoms with E-state index in [0.717, 1.165) is 5.56 Å². The molecule has 0 saturated carbocycles. The maximum absolute atomic E-state index is 11.0. The van der Waals surface area contributed by atoms with Crippen molar-refractivity contribution in [2.75, 3.05) is 6.61 Å². The van der Waals surface area contributed by atoms with E-state index < -0.39 is 6.09 Å². The standard InChI is InChI=1S/C10H12N4O2/c1-2-16-10(15)12-7-8-3-5-9(6-4-8)13-14-11/h3-6H,2,7H2,1H3,(H,12,15). The lowest BCUT2D eigenvalue weighted by Gasteiger charge is -2.05. The first-order chi connectivity index (χ1) is 7.76. The van der Waals surface area contributed by atoms with Gasteiger partial charge in [0.2, 0.25) is 0 Å². The van der Waals surface area contributed by atoms with Gasteiger partial charge in [0, 0.05) is 17.1 Å². The summed E-state index contributed by atoms with van der Waals surface area (Å²) in [5.74, 6) is 0. The van der Waals surface area contributed by atoms with Crippen molar-refractivity contribution in [2.45, 2.75) is 13.5 Å². The molecule has 0 unspecified atom stereocenters. The molecule has 0 aliphatic rings. The Morgan fingerprint density at radius 1 is 1.50 bits per heavy atom. The van der Waals surface area contributed by atoms with E-state index in [-0.39, 0.29) is 0 Å². The van der Waals surface area contributed by atoms with Gasteiger partial charge in [0.25, 0.3) is 0 Å². The van der Waals surface area contributed by atoms with Crippen molar-refractivity contribution in [1.29, 1.82) is 0 Å². The van der Waals surface area contributed by atoms with Gasteiger partial charge < -0.3 is 10.1 Å². The molecule has 6 heteroatoms. The van der Waals surface area contributed by atoms with Crippen LogP contribution in [0.5, 0.6) is 0 Å². The Morgan fingerprint density at radius 3 is 2.75 bits per heavy atom. The van der Waals surface area contributed by atoms with Crippen LogP contribution in [-0.4, -0.2) is 12.7 Å². The van der Waals surface area contributed by atoms with Gasteiger partial charge in [-0.3, -0.25) is 0 Å². The summed E-state index contributed by atoms with van der Waals surface area (Å²) in [7, 11) is 0. The summed E-state index contributed by atoms with van der Waals surface area (Å²) < 4.78 is 4.71. The molecule has 0 fully saturated rings. The van der Waals surface area contributed by atoms with E-state index >= 15 is 0 Å². The van der Waals surface area contributed by atoms with Gasteiger partial charge in [0.15, 0.2) is 0 Å². The first-order valence-corrected chi connectivity index (χ1v) is 4.81. The normalized spacial score (nSPS) is 9.06. The Hall–Kier alpha value is -2.20. The minimum atomic E-state index is -0.443. The average molecular weight is 220 g/mol. The number of nitrogens with zero attached hydrogens (tertiary/aromatic N) is 3. The highest BCUT2D eigenvalue weighted by Crippen LogP contribution is 2.12. The van der Waals surface area contributed by atoms with Gasteiger partial charge in [-0.05, 0) is 18.0 Å². The molecule has 0 aliphatic carbocycles. The van der Waals surface area contributed by atoms with Gasteiger partial charge >= 0.3 is 6.09 Å². The van der Waals surface area contributed by atoms with Crippen LogP contribution in [0.2, 0.25) is 0 Å². The first-order valence-electron chi connectivity index (χ1n) is 4.81. The molecule has 1 aromatic carbocycles. The molecule has 84 valence electrons. The number of rotatable bonds is 4. The first kappa shape index (κ1) is 11.9. The van der Waals surface area contributed by atoms with Crippen LogP contribution in [0.25, 0.3) is 10.4 Å². The lowest BCUT2D eigenvalue weighted by molar-refractivity contribution is 0.151. The van der Waals surface area contributed by atoms with Gasteiger partial charge in [-0.15, -0.1) is 0 Å². The van der Waals surface area contributed by atoms with Crippen LogP contribution in [0, 0.1) is 0 Å². The van der Waals surface area contributed by atoms with Crippen LogP contribution < -0.4 is 5.32 Å². The van der Waals surface area contributed by atoms with Crippen LogP contribution in [0.15, 0.2) is 29.4 Å². The maximum atomic E-state index is 11.0. The predicted octanol–water partition coefficient (Wildman–Crippen LogP) is 2.87. The van der Waals surface area contributed by atoms with Gasteiger partial charge in [-0.25, -0.2) is 4.79 Å². The van der Waals surface area contributed by atoms with Gasteiger partial charge in [0.1, 0.15) is 0 Å². The molecular formula is C10H12N4O2. The lowest BCUT2D eigenvalue weighted by atomic mass is 10.2. The molecule has 1 aromatic rings. The van der Waals surface area contributed by atoms with Crippen LogP contribution in [0.1, 0.15) is 12.5 Å². The highest BCUT2D eigenvalue weighted by Gasteiger charge is 1.99. The number of hydrogen-bond donors (Lipinski definition) is 1. The third kappa shape index (κ3) is 3.89. The van der Waals surface area contributed by atoms with Crippen molar-refractivity contribution in [2.24, 2.45) is 5.11 Å². The molecule has 1 rings (SSSR count). The molecule has 0 radical (unpaired) electrons. The van der Waals surface area contributed by atoms with Gasteiger partial charge in [-0.1, -0.05) is 29.4 Å². The summed E-state index contributed by atoms with van der Waals surface area (Å²) in [6.45, 7) is 2.48. The highest BCUT2D eigenvalue weighted by atomic mass is 16.5. The van der Waals surface area contributed by atoms with Crippen LogP contribution in [0.4, 0.5) is 10.5 Å². The maximum Gasteiger partial charge on any atom is 0.407 e. The number of azide groups is 1. The number of amides is 1. The second-order valence-corrected chi connectivity index (χ2v) is 2.93. The zero-order chi connectivity index (χ0) is 11.8. The van der Waals surface area contributed by atoms with Crippen LogP contribution in [-0.2, 0) is 11.3 Å². The average Bonchev–Trinajstić information content (AvgIpc) is 2.29. The smallest absolute Gasteiger partial charge is 0.407 e. The van der Waals surface area contributed by atoms with Crippen molar-refractivity contribution >= 4 is 11.8 Å². The van der Waals surface area contributed by atoms with Crippen molar-refractivity contribution in [3.8, 4) is 0 Å². The summed E-state index contributed by atoms with van der Waals surface area (Å²) in [4.78, 5) is 13.7. The predicted molar refractivity (Wildman–Crippen MR) is 59.1 cm³/mol. The molecule has 0 heterocycles. The Kier molecular flexibility index (Phi) is 4.69. The zero-order valence-electron chi connectivity index (χ0n) is 8.88. The summed E-state index contributed by atoms with van der Waals surface area (Å²) >= 11 is 0. The monoisotopic (exact) mass is 220 g/mol. The number of hydrogen-bond acceptors (Lipinski definition) is 3. The molecule has 0 aliphatic heterocycles. The van der Waals surface area contributed by atoms with E-state index in [2.05, 4.69) is 15.3 Å². The number of carbonyl (C=O) groups is 1. The van der Waals surface area contributed by atoms with E-state index in [1.165, 1.54) is 0 Å². The highest BCUT2D eigenvalue weighted by molar-refractivity contribution is 5.67. The molecule has 0 bridgehead atoms. The lowest BCUT2D eigenvalue weighted by Crippen LogP contribution is -2.23. The van der Waals surface area contributed by atoms with E-state index in [4.69, 9.17) is 10.3 Å². The van der Waals surface area contributed by atoms with Gasteiger partial charge in [0.05, 0.1) is 6.61 Å². The molecule has 0 spiro atoms. The fourth-order valence-corrected chi connectivity index (χ4v) is 1.09. The molecule has 1 amide bonds. The molecule has 1 N–H and O–H groups in total. The molecule has 6 nitrogen and oxygen atoms in total. The molecule has 0 saturated heterocycles. The number of nitrogens with one attached hydrogen (secondary N) is 1. The second-order valence-electron chi connectivity index (χ2n) is 2.93. The summed E-state index contributed by atoms with van der Waals surface area (Å²) in [6.07, 6.45) is -0.443. The quantitative estimate of drug-likeness (QED) is 0.480. The van der Waals surface area contributed by atoms with E-state index in [0.29, 0.717) is 18.8 Å². The Labute approximate surface area is 92.8 Å². The number of benzene rings is 1. The molecule has 0 aromatic heterocycles.